The smallest absolute Gasteiger partial charge is 0.309 e. The van der Waals surface area contributed by atoms with E-state index in [0.717, 1.165) is 0 Å². The van der Waals surface area contributed by atoms with Gasteiger partial charge in [0.25, 0.3) is 0 Å². The molecule has 0 bridgehead atoms. The molecule has 0 saturated carbocycles. The van der Waals surface area contributed by atoms with Crippen LogP contribution in [0.25, 0.3) is 10.9 Å². The molecule has 1 aromatic carbocycles. The minimum Gasteiger partial charge on any atom is -0.505 e. The van der Waals surface area contributed by atoms with Gasteiger partial charge in [0.1, 0.15) is 5.75 Å². The summed E-state index contributed by atoms with van der Waals surface area (Å²) in [5.74, 6) is -5.49. The molecule has 0 unspecified atom stereocenters. The van der Waals surface area contributed by atoms with Gasteiger partial charge in [0, 0.05) is 0 Å². The van der Waals surface area contributed by atoms with E-state index >= 15 is 0 Å². The summed E-state index contributed by atoms with van der Waals surface area (Å²) < 4.78 is 0. The molecule has 96 valence electrons. The SMILES string of the molecule is O=C(O)Cc1[nH]c2c(O)c(O)c(O)c(O)c2c1O. The van der Waals surface area contributed by atoms with Gasteiger partial charge in [0.15, 0.2) is 11.5 Å². The number of carboxylic acid groups (broad SMARTS) is 1. The monoisotopic (exact) mass is 255 g/mol. The van der Waals surface area contributed by atoms with Gasteiger partial charge in [-0.1, -0.05) is 0 Å². The van der Waals surface area contributed by atoms with Crippen LogP contribution in [-0.4, -0.2) is 41.6 Å². The zero-order valence-electron chi connectivity index (χ0n) is 8.80. The quantitative estimate of drug-likeness (QED) is 0.301. The van der Waals surface area contributed by atoms with Crippen molar-refractivity contribution in [3.8, 4) is 28.7 Å². The van der Waals surface area contributed by atoms with Crippen LogP contribution < -0.4 is 0 Å². The molecule has 7 N–H and O–H groups in total. The molecule has 0 saturated heterocycles. The Kier molecular flexibility index (Phi) is 2.35. The molecular weight excluding hydrogens is 246 g/mol. The van der Waals surface area contributed by atoms with Crippen LogP contribution in [0.3, 0.4) is 0 Å². The second-order valence-electron chi connectivity index (χ2n) is 3.67. The second-order valence-corrected chi connectivity index (χ2v) is 3.67. The third-order valence-corrected chi connectivity index (χ3v) is 2.52. The highest BCUT2D eigenvalue weighted by Gasteiger charge is 2.25. The lowest BCUT2D eigenvalue weighted by molar-refractivity contribution is -0.136. The number of fused-ring (bicyclic) bond motifs is 1. The molecule has 0 atom stereocenters. The van der Waals surface area contributed by atoms with Crippen LogP contribution >= 0.6 is 0 Å². The third kappa shape index (κ3) is 1.43. The molecule has 2 aromatic rings. The number of phenols is 4. The largest absolute Gasteiger partial charge is 0.505 e. The number of nitrogens with one attached hydrogen (secondary N) is 1. The molecule has 8 heteroatoms. The highest BCUT2D eigenvalue weighted by molar-refractivity contribution is 6.01. The molecule has 0 aliphatic heterocycles. The Bertz CT molecular complexity index is 658. The Morgan fingerprint density at radius 3 is 2.00 bits per heavy atom. The first-order chi connectivity index (χ1) is 8.34. The Labute approximate surface area is 99.0 Å². The predicted octanol–water partition coefficient (Wildman–Crippen LogP) is 0.323. The van der Waals surface area contributed by atoms with Crippen LogP contribution in [0.2, 0.25) is 0 Å². The summed E-state index contributed by atoms with van der Waals surface area (Å²) in [5.41, 5.74) is -0.440. The van der Waals surface area contributed by atoms with E-state index in [2.05, 4.69) is 4.98 Å². The maximum atomic E-state index is 10.5. The molecule has 0 aliphatic carbocycles. The number of aromatic hydroxyl groups is 5. The predicted molar refractivity (Wildman–Crippen MR) is 58.0 cm³/mol. The van der Waals surface area contributed by atoms with E-state index in [1.807, 2.05) is 0 Å². The van der Waals surface area contributed by atoms with E-state index in [0.29, 0.717) is 0 Å². The first-order valence-electron chi connectivity index (χ1n) is 4.75. The van der Waals surface area contributed by atoms with Gasteiger partial charge in [-0.25, -0.2) is 0 Å². The van der Waals surface area contributed by atoms with Gasteiger partial charge in [-0.3, -0.25) is 4.79 Å². The number of phenolic OH excluding ortho intramolecular Hbond substituents is 4. The normalized spacial score (nSPS) is 10.9. The van der Waals surface area contributed by atoms with E-state index in [1.54, 1.807) is 0 Å². The molecule has 18 heavy (non-hydrogen) atoms. The van der Waals surface area contributed by atoms with Crippen LogP contribution in [-0.2, 0) is 11.2 Å². The fraction of sp³-hybridized carbons (Fsp3) is 0.100. The molecule has 1 aromatic heterocycles. The van der Waals surface area contributed by atoms with E-state index < -0.39 is 41.1 Å². The number of rotatable bonds is 2. The fourth-order valence-electron chi connectivity index (χ4n) is 1.69. The Hall–Kier alpha value is -2.77. The lowest BCUT2D eigenvalue weighted by Gasteiger charge is -2.05. The van der Waals surface area contributed by atoms with Gasteiger partial charge in [0.05, 0.1) is 23.0 Å². The second kappa shape index (κ2) is 3.62. The van der Waals surface area contributed by atoms with Gasteiger partial charge < -0.3 is 35.6 Å². The molecule has 0 fully saturated rings. The number of carbonyl (C=O) groups is 1. The van der Waals surface area contributed by atoms with Crippen LogP contribution in [0.15, 0.2) is 0 Å². The van der Waals surface area contributed by atoms with Gasteiger partial charge in [0.2, 0.25) is 11.5 Å². The highest BCUT2D eigenvalue weighted by Crippen LogP contribution is 2.51. The number of aliphatic carboxylic acids is 1. The minimum absolute atomic E-state index is 0.173. The molecule has 0 amide bonds. The number of carboxylic acids is 1. The van der Waals surface area contributed by atoms with Gasteiger partial charge in [-0.2, -0.15) is 0 Å². The van der Waals surface area contributed by atoms with Crippen LogP contribution in [0.5, 0.6) is 28.7 Å². The molecule has 0 spiro atoms. The van der Waals surface area contributed by atoms with Crippen LogP contribution in [0.4, 0.5) is 0 Å². The maximum Gasteiger partial charge on any atom is 0.309 e. The lowest BCUT2D eigenvalue weighted by atomic mass is 10.1. The number of aromatic nitrogens is 1. The van der Waals surface area contributed by atoms with Crippen molar-refractivity contribution in [3.05, 3.63) is 5.69 Å². The summed E-state index contributed by atoms with van der Waals surface area (Å²) in [4.78, 5) is 12.9. The minimum atomic E-state index is -1.25. The fourth-order valence-corrected chi connectivity index (χ4v) is 1.69. The number of H-pyrrole nitrogens is 1. The first-order valence-corrected chi connectivity index (χ1v) is 4.75. The average molecular weight is 255 g/mol. The summed E-state index contributed by atoms with van der Waals surface area (Å²) >= 11 is 0. The number of benzene rings is 1. The van der Waals surface area contributed by atoms with Crippen LogP contribution in [0, 0.1) is 0 Å². The number of aromatic amines is 1. The zero-order valence-corrected chi connectivity index (χ0v) is 8.80. The standard InChI is InChI=1S/C10H9NO7/c12-3(13)1-2-6(14)4-5(11-2)8(16)10(18)9(17)7(4)15/h11,14-18H,1H2,(H,12,13). The van der Waals surface area contributed by atoms with E-state index in [1.165, 1.54) is 0 Å². The highest BCUT2D eigenvalue weighted by atomic mass is 16.4. The van der Waals surface area contributed by atoms with E-state index in [4.69, 9.17) is 5.11 Å². The Balaban J connectivity index is 2.84. The van der Waals surface area contributed by atoms with Crippen molar-refractivity contribution in [1.82, 2.24) is 4.98 Å². The summed E-state index contributed by atoms with van der Waals surface area (Å²) in [6, 6.07) is 0. The molecule has 0 radical (unpaired) electrons. The molecular formula is C10H9NO7. The van der Waals surface area contributed by atoms with Crippen molar-refractivity contribution >= 4 is 16.9 Å². The summed E-state index contributed by atoms with van der Waals surface area (Å²) in [6.07, 6.45) is -0.582. The number of hydrogen-bond donors (Lipinski definition) is 7. The lowest BCUT2D eigenvalue weighted by Crippen LogP contribution is -2.00. The zero-order chi connectivity index (χ0) is 13.6. The van der Waals surface area contributed by atoms with Gasteiger partial charge in [-0.05, 0) is 0 Å². The van der Waals surface area contributed by atoms with Crippen molar-refractivity contribution in [2.75, 3.05) is 0 Å². The van der Waals surface area contributed by atoms with E-state index in [9.17, 15) is 30.3 Å². The molecule has 2 rings (SSSR count). The first kappa shape index (κ1) is 11.7. The molecule has 0 aliphatic rings. The van der Waals surface area contributed by atoms with Crippen molar-refractivity contribution in [2.24, 2.45) is 0 Å². The molecule has 1 heterocycles. The summed E-state index contributed by atoms with van der Waals surface area (Å²) in [5, 5.41) is 55.6. The van der Waals surface area contributed by atoms with Crippen molar-refractivity contribution in [1.29, 1.82) is 0 Å². The average Bonchev–Trinajstić information content (AvgIpc) is 2.61. The Morgan fingerprint density at radius 2 is 1.44 bits per heavy atom. The van der Waals surface area contributed by atoms with Crippen molar-refractivity contribution in [2.45, 2.75) is 6.42 Å². The Morgan fingerprint density at radius 1 is 0.889 bits per heavy atom. The summed E-state index contributed by atoms with van der Waals surface area (Å²) in [7, 11) is 0. The topological polar surface area (TPSA) is 154 Å². The van der Waals surface area contributed by atoms with Gasteiger partial charge >= 0.3 is 5.97 Å². The number of hydrogen-bond acceptors (Lipinski definition) is 6. The molecule has 8 nitrogen and oxygen atoms in total. The van der Waals surface area contributed by atoms with Crippen molar-refractivity contribution in [3.63, 3.8) is 0 Å². The van der Waals surface area contributed by atoms with Crippen molar-refractivity contribution < 1.29 is 35.4 Å². The summed E-state index contributed by atoms with van der Waals surface area (Å²) in [6.45, 7) is 0. The maximum absolute atomic E-state index is 10.5. The van der Waals surface area contributed by atoms with Crippen LogP contribution in [0.1, 0.15) is 5.69 Å². The third-order valence-electron chi connectivity index (χ3n) is 2.52. The van der Waals surface area contributed by atoms with E-state index in [-0.39, 0.29) is 16.6 Å². The van der Waals surface area contributed by atoms with Gasteiger partial charge in [-0.15, -0.1) is 0 Å².